The smallest absolute Gasteiger partial charge is 0.221 e. The maximum atomic E-state index is 11.5. The predicted octanol–water partition coefficient (Wildman–Crippen LogP) is 6.50. The van der Waals surface area contributed by atoms with Gasteiger partial charge in [-0.3, -0.25) is 9.78 Å². The fourth-order valence-electron chi connectivity index (χ4n) is 5.27. The van der Waals surface area contributed by atoms with Crippen molar-refractivity contribution >= 4 is 57.5 Å². The number of anilines is 3. The van der Waals surface area contributed by atoms with Crippen LogP contribution in [0, 0.1) is 0 Å². The van der Waals surface area contributed by atoms with E-state index in [2.05, 4.69) is 71.4 Å². The van der Waals surface area contributed by atoms with Crippen LogP contribution in [0.3, 0.4) is 0 Å². The van der Waals surface area contributed by atoms with Crippen LogP contribution in [0.2, 0.25) is 5.02 Å². The van der Waals surface area contributed by atoms with Gasteiger partial charge in [0.1, 0.15) is 0 Å². The van der Waals surface area contributed by atoms with Crippen molar-refractivity contribution in [3.8, 4) is 0 Å². The number of allylic oxidation sites excluding steroid dienone is 1. The summed E-state index contributed by atoms with van der Waals surface area (Å²) in [7, 11) is 2.10. The molecule has 37 heavy (non-hydrogen) atoms. The van der Waals surface area contributed by atoms with Crippen molar-refractivity contribution in [2.75, 3.05) is 22.2 Å². The Kier molecular flexibility index (Phi) is 6.46. The highest BCUT2D eigenvalue weighted by Crippen LogP contribution is 2.47. The van der Waals surface area contributed by atoms with Gasteiger partial charge >= 0.3 is 0 Å². The highest BCUT2D eigenvalue weighted by molar-refractivity contribution is 7.80. The molecule has 6 nitrogen and oxygen atoms in total. The molecule has 1 aromatic heterocycles. The molecule has 2 aliphatic heterocycles. The van der Waals surface area contributed by atoms with Crippen LogP contribution in [-0.4, -0.2) is 28.6 Å². The molecule has 1 amide bonds. The first-order valence-corrected chi connectivity index (χ1v) is 13.0. The molecule has 5 rings (SSSR count). The molecule has 2 aromatic carbocycles. The predicted molar refractivity (Wildman–Crippen MR) is 156 cm³/mol. The second-order valence-corrected chi connectivity index (χ2v) is 10.9. The van der Waals surface area contributed by atoms with Crippen molar-refractivity contribution in [3.63, 3.8) is 0 Å². The van der Waals surface area contributed by atoms with Crippen molar-refractivity contribution < 1.29 is 4.79 Å². The molecule has 0 radical (unpaired) electrons. The van der Waals surface area contributed by atoms with E-state index in [1.165, 1.54) is 12.5 Å². The number of rotatable bonds is 4. The van der Waals surface area contributed by atoms with Crippen LogP contribution in [0.15, 0.2) is 66.9 Å². The number of thiocarbonyl (C=S) groups is 1. The summed E-state index contributed by atoms with van der Waals surface area (Å²) in [5.41, 5.74) is 6.83. The molecular weight excluding hydrogens is 502 g/mol. The molecule has 0 spiro atoms. The van der Waals surface area contributed by atoms with E-state index >= 15 is 0 Å². The zero-order valence-corrected chi connectivity index (χ0v) is 23.1. The summed E-state index contributed by atoms with van der Waals surface area (Å²) in [5, 5.41) is 7.58. The molecule has 3 heterocycles. The molecule has 2 aliphatic rings. The monoisotopic (exact) mass is 531 g/mol. The van der Waals surface area contributed by atoms with Crippen molar-refractivity contribution in [1.82, 2.24) is 10.3 Å². The minimum atomic E-state index is -0.236. The molecule has 0 aliphatic carbocycles. The summed E-state index contributed by atoms with van der Waals surface area (Å²) in [5.74, 6) is -0.114. The molecule has 1 fully saturated rings. The van der Waals surface area contributed by atoms with Crippen LogP contribution in [0.25, 0.3) is 5.57 Å². The Balaban J connectivity index is 1.65. The number of amides is 1. The van der Waals surface area contributed by atoms with Crippen LogP contribution in [0.4, 0.5) is 17.1 Å². The molecule has 3 aromatic rings. The zero-order chi connectivity index (χ0) is 26.5. The van der Waals surface area contributed by atoms with E-state index in [0.29, 0.717) is 10.1 Å². The third-order valence-electron chi connectivity index (χ3n) is 7.22. The number of benzene rings is 2. The Hall–Kier alpha value is -3.42. The first-order valence-electron chi connectivity index (χ1n) is 12.2. The number of nitrogens with zero attached hydrogens (tertiary/aromatic N) is 3. The number of fused-ring (bicyclic) bond motifs is 1. The van der Waals surface area contributed by atoms with Gasteiger partial charge in [-0.15, -0.1) is 0 Å². The summed E-state index contributed by atoms with van der Waals surface area (Å²) >= 11 is 12.9. The van der Waals surface area contributed by atoms with Crippen LogP contribution < -0.4 is 20.4 Å². The maximum Gasteiger partial charge on any atom is 0.221 e. The van der Waals surface area contributed by atoms with Gasteiger partial charge in [0.2, 0.25) is 5.91 Å². The summed E-state index contributed by atoms with van der Waals surface area (Å²) in [6, 6.07) is 17.4. The molecule has 190 valence electrons. The topological polar surface area (TPSA) is 60.5 Å². The van der Waals surface area contributed by atoms with Crippen molar-refractivity contribution in [2.45, 2.75) is 45.3 Å². The third kappa shape index (κ3) is 4.58. The largest absolute Gasteiger partial charge is 0.365 e. The summed E-state index contributed by atoms with van der Waals surface area (Å²) in [4.78, 5) is 20.5. The van der Waals surface area contributed by atoms with E-state index in [-0.39, 0.29) is 23.5 Å². The Morgan fingerprint density at radius 3 is 2.54 bits per heavy atom. The van der Waals surface area contributed by atoms with Gasteiger partial charge in [0, 0.05) is 47.8 Å². The average molecular weight is 532 g/mol. The van der Waals surface area contributed by atoms with Gasteiger partial charge < -0.3 is 20.4 Å². The van der Waals surface area contributed by atoms with Gasteiger partial charge in [-0.05, 0) is 92.7 Å². The lowest BCUT2D eigenvalue weighted by molar-refractivity contribution is -0.114. The Morgan fingerprint density at radius 1 is 1.16 bits per heavy atom. The van der Waals surface area contributed by atoms with Crippen molar-refractivity contribution in [1.29, 1.82) is 0 Å². The lowest BCUT2D eigenvalue weighted by Crippen LogP contribution is -2.42. The van der Waals surface area contributed by atoms with E-state index in [1.807, 2.05) is 42.5 Å². The first kappa shape index (κ1) is 25.2. The average Bonchev–Trinajstić information content (AvgIpc) is 3.19. The highest BCUT2D eigenvalue weighted by Gasteiger charge is 2.42. The SMILES string of the molecule is CC(=O)Nc1ccc(N2C(=S)N[C@H](c3ccccn3)[C@H]2c2cc3c(cc2Cl)N(C)C(C)(C)C=C3C)cc1. The van der Waals surface area contributed by atoms with E-state index in [9.17, 15) is 4.79 Å². The minimum absolute atomic E-state index is 0.114. The lowest BCUT2D eigenvalue weighted by Gasteiger charge is -2.41. The molecule has 0 saturated carbocycles. The number of pyridine rings is 1. The van der Waals surface area contributed by atoms with Crippen LogP contribution >= 0.6 is 23.8 Å². The number of halogens is 1. The standard InChI is InChI=1S/C29H30ClN5OS/c1-17-16-29(3,4)34(5)25-15-23(30)22(14-21(17)25)27-26(24-8-6-7-13-31-24)33-28(37)35(27)20-11-9-19(10-12-20)32-18(2)36/h6-16,26-27H,1-5H3,(H,32,36)(H,33,37)/t26-,27-/m1/s1. The fourth-order valence-corrected chi connectivity index (χ4v) is 5.89. The van der Waals surface area contributed by atoms with Gasteiger partial charge in [0.15, 0.2) is 5.11 Å². The lowest BCUT2D eigenvalue weighted by atomic mass is 9.86. The van der Waals surface area contributed by atoms with Crippen LogP contribution in [-0.2, 0) is 4.79 Å². The normalized spacial score (nSPS) is 20.3. The molecule has 1 saturated heterocycles. The van der Waals surface area contributed by atoms with Crippen molar-refractivity contribution in [2.24, 2.45) is 0 Å². The Bertz CT molecular complexity index is 1400. The molecule has 0 unspecified atom stereocenters. The minimum Gasteiger partial charge on any atom is -0.365 e. The molecular formula is C29H30ClN5OS. The van der Waals surface area contributed by atoms with Gasteiger partial charge in [0.05, 0.1) is 23.3 Å². The van der Waals surface area contributed by atoms with Gasteiger partial charge in [0.25, 0.3) is 0 Å². The number of aromatic nitrogens is 1. The first-order chi connectivity index (χ1) is 17.6. The summed E-state index contributed by atoms with van der Waals surface area (Å²) < 4.78 is 0. The van der Waals surface area contributed by atoms with Crippen molar-refractivity contribution in [3.05, 3.63) is 88.7 Å². The van der Waals surface area contributed by atoms with E-state index < -0.39 is 0 Å². The second kappa shape index (κ2) is 9.47. The fraction of sp³-hybridized carbons (Fsp3) is 0.276. The number of carbonyl (C=O) groups excluding carboxylic acids is 1. The summed E-state index contributed by atoms with van der Waals surface area (Å²) in [6.07, 6.45) is 4.08. The number of hydrogen-bond donors (Lipinski definition) is 2. The molecule has 0 bridgehead atoms. The van der Waals surface area contributed by atoms with E-state index in [0.717, 1.165) is 33.9 Å². The van der Waals surface area contributed by atoms with Gasteiger partial charge in [-0.1, -0.05) is 23.7 Å². The van der Waals surface area contributed by atoms with Gasteiger partial charge in [-0.2, -0.15) is 0 Å². The number of carbonyl (C=O) groups is 1. The van der Waals surface area contributed by atoms with E-state index in [4.69, 9.17) is 23.8 Å². The van der Waals surface area contributed by atoms with Gasteiger partial charge in [-0.25, -0.2) is 0 Å². The number of nitrogens with one attached hydrogen (secondary N) is 2. The Morgan fingerprint density at radius 2 is 1.89 bits per heavy atom. The molecule has 8 heteroatoms. The highest BCUT2D eigenvalue weighted by atomic mass is 35.5. The molecule has 2 atom stereocenters. The maximum absolute atomic E-state index is 11.5. The Labute approximate surface area is 228 Å². The number of hydrogen-bond acceptors (Lipinski definition) is 4. The number of likely N-dealkylation sites (N-methyl/N-ethyl adjacent to an activating group) is 1. The quantitative estimate of drug-likeness (QED) is 0.375. The van der Waals surface area contributed by atoms with Crippen LogP contribution in [0.1, 0.15) is 56.6 Å². The molecule has 2 N–H and O–H groups in total. The summed E-state index contributed by atoms with van der Waals surface area (Å²) in [6.45, 7) is 8.04. The second-order valence-electron chi connectivity index (χ2n) is 10.2. The third-order valence-corrected chi connectivity index (χ3v) is 7.86. The van der Waals surface area contributed by atoms with E-state index in [1.54, 1.807) is 6.20 Å². The zero-order valence-electron chi connectivity index (χ0n) is 21.5. The van der Waals surface area contributed by atoms with Crippen LogP contribution in [0.5, 0.6) is 0 Å².